The van der Waals surface area contributed by atoms with Gasteiger partial charge < -0.3 is 4.42 Å². The Labute approximate surface area is 191 Å². The zero-order valence-electron chi connectivity index (χ0n) is 17.5. The van der Waals surface area contributed by atoms with Crippen LogP contribution in [0.2, 0.25) is 5.02 Å². The van der Waals surface area contributed by atoms with Crippen molar-refractivity contribution < 1.29 is 17.6 Å². The molecule has 0 spiro atoms. The highest BCUT2D eigenvalue weighted by molar-refractivity contribution is 7.89. The van der Waals surface area contributed by atoms with Crippen LogP contribution in [0.1, 0.15) is 42.5 Å². The van der Waals surface area contributed by atoms with Gasteiger partial charge in [-0.2, -0.15) is 4.31 Å². The second-order valence-electron chi connectivity index (χ2n) is 7.71. The SMILES string of the molecule is CN(C1CCCCC1)S(=O)(=O)c1ccc(C(=O)Nc2nnc(-c3cccc(Cl)c3)o2)cc1. The number of carbonyl (C=O) groups is 1. The lowest BCUT2D eigenvalue weighted by atomic mass is 9.96. The molecular weight excluding hydrogens is 452 g/mol. The number of aromatic nitrogens is 2. The number of rotatable bonds is 6. The van der Waals surface area contributed by atoms with E-state index in [1.807, 2.05) is 0 Å². The molecule has 1 fully saturated rings. The van der Waals surface area contributed by atoms with Crippen molar-refractivity contribution in [2.45, 2.75) is 43.0 Å². The first-order chi connectivity index (χ1) is 15.3. The Balaban J connectivity index is 1.44. The lowest BCUT2D eigenvalue weighted by Crippen LogP contribution is -2.38. The Kier molecular flexibility index (Phi) is 6.59. The highest BCUT2D eigenvalue weighted by Gasteiger charge is 2.29. The molecule has 32 heavy (non-hydrogen) atoms. The van der Waals surface area contributed by atoms with Crippen molar-refractivity contribution in [3.8, 4) is 11.5 Å². The van der Waals surface area contributed by atoms with Crippen LogP contribution in [0.3, 0.4) is 0 Å². The summed E-state index contributed by atoms with van der Waals surface area (Å²) in [6.07, 6.45) is 4.97. The van der Waals surface area contributed by atoms with Gasteiger partial charge in [0, 0.05) is 29.2 Å². The Morgan fingerprint density at radius 1 is 1.09 bits per heavy atom. The van der Waals surface area contributed by atoms with Crippen molar-refractivity contribution in [2.24, 2.45) is 0 Å². The molecule has 4 rings (SSSR count). The maximum absolute atomic E-state index is 12.9. The molecule has 8 nitrogen and oxygen atoms in total. The van der Waals surface area contributed by atoms with E-state index in [9.17, 15) is 13.2 Å². The van der Waals surface area contributed by atoms with Crippen molar-refractivity contribution in [3.05, 3.63) is 59.1 Å². The summed E-state index contributed by atoms with van der Waals surface area (Å²) in [5.41, 5.74) is 0.897. The monoisotopic (exact) mass is 474 g/mol. The predicted molar refractivity (Wildman–Crippen MR) is 121 cm³/mol. The summed E-state index contributed by atoms with van der Waals surface area (Å²) < 4.78 is 32.8. The predicted octanol–water partition coefficient (Wildman–Crippen LogP) is 4.60. The minimum absolute atomic E-state index is 0.0166. The van der Waals surface area contributed by atoms with E-state index in [2.05, 4.69) is 15.5 Å². The van der Waals surface area contributed by atoms with Gasteiger partial charge >= 0.3 is 6.01 Å². The number of anilines is 1. The van der Waals surface area contributed by atoms with Gasteiger partial charge in [-0.25, -0.2) is 8.42 Å². The molecular formula is C22H23ClN4O4S. The average Bonchev–Trinajstić information content (AvgIpc) is 3.27. The molecule has 10 heteroatoms. The first-order valence-electron chi connectivity index (χ1n) is 10.3. The van der Waals surface area contributed by atoms with Crippen LogP contribution in [-0.2, 0) is 10.0 Å². The van der Waals surface area contributed by atoms with E-state index in [0.717, 1.165) is 32.1 Å². The molecule has 0 saturated heterocycles. The van der Waals surface area contributed by atoms with Crippen molar-refractivity contribution in [1.29, 1.82) is 0 Å². The lowest BCUT2D eigenvalue weighted by molar-refractivity contribution is 0.102. The Morgan fingerprint density at radius 3 is 2.50 bits per heavy atom. The minimum Gasteiger partial charge on any atom is -0.403 e. The maximum atomic E-state index is 12.9. The zero-order valence-corrected chi connectivity index (χ0v) is 19.1. The second kappa shape index (κ2) is 9.40. The first kappa shape index (κ1) is 22.4. The quantitative estimate of drug-likeness (QED) is 0.559. The number of hydrogen-bond acceptors (Lipinski definition) is 6. The summed E-state index contributed by atoms with van der Waals surface area (Å²) >= 11 is 5.97. The fourth-order valence-electron chi connectivity index (χ4n) is 3.77. The standard InChI is InChI=1S/C22H23ClN4O4S/c1-27(18-8-3-2-4-9-18)32(29,30)19-12-10-15(11-13-19)20(28)24-22-26-25-21(31-22)16-6-5-7-17(23)14-16/h5-7,10-14,18H,2-4,8-9H2,1H3,(H,24,26,28). The van der Waals surface area contributed by atoms with Gasteiger partial charge in [0.15, 0.2) is 0 Å². The fourth-order valence-corrected chi connectivity index (χ4v) is 5.37. The second-order valence-corrected chi connectivity index (χ2v) is 10.1. The smallest absolute Gasteiger partial charge is 0.322 e. The third kappa shape index (κ3) is 4.85. The molecule has 1 aliphatic carbocycles. The van der Waals surface area contributed by atoms with Crippen LogP contribution in [0.25, 0.3) is 11.5 Å². The highest BCUT2D eigenvalue weighted by Crippen LogP contribution is 2.27. The topological polar surface area (TPSA) is 105 Å². The molecule has 1 aromatic heterocycles. The van der Waals surface area contributed by atoms with Gasteiger partial charge in [0.2, 0.25) is 15.9 Å². The van der Waals surface area contributed by atoms with Crippen molar-refractivity contribution in [2.75, 3.05) is 12.4 Å². The lowest BCUT2D eigenvalue weighted by Gasteiger charge is -2.30. The fraction of sp³-hybridized carbons (Fsp3) is 0.318. The number of carbonyl (C=O) groups excluding carboxylic acids is 1. The van der Waals surface area contributed by atoms with Crippen LogP contribution >= 0.6 is 11.6 Å². The van der Waals surface area contributed by atoms with E-state index in [1.54, 1.807) is 31.3 Å². The molecule has 0 bridgehead atoms. The van der Waals surface area contributed by atoms with Gasteiger partial charge in [-0.05, 0) is 55.3 Å². The van der Waals surface area contributed by atoms with Gasteiger partial charge in [-0.1, -0.05) is 42.0 Å². The molecule has 0 radical (unpaired) electrons. The molecule has 1 aliphatic rings. The normalized spacial score (nSPS) is 15.1. The molecule has 168 valence electrons. The molecule has 3 aromatic rings. The van der Waals surface area contributed by atoms with Crippen molar-refractivity contribution in [1.82, 2.24) is 14.5 Å². The van der Waals surface area contributed by atoms with Gasteiger partial charge in [0.25, 0.3) is 5.91 Å². The van der Waals surface area contributed by atoms with E-state index >= 15 is 0 Å². The Hall–Kier alpha value is -2.75. The van der Waals surface area contributed by atoms with Crippen LogP contribution in [0.5, 0.6) is 0 Å². The highest BCUT2D eigenvalue weighted by atomic mass is 35.5. The van der Waals surface area contributed by atoms with Gasteiger partial charge in [0.1, 0.15) is 0 Å². The van der Waals surface area contributed by atoms with E-state index in [4.69, 9.17) is 16.0 Å². The molecule has 2 aromatic carbocycles. The summed E-state index contributed by atoms with van der Waals surface area (Å²) in [5.74, 6) is -0.272. The van der Waals surface area contributed by atoms with E-state index in [0.29, 0.717) is 10.6 Å². The van der Waals surface area contributed by atoms with Crippen LogP contribution < -0.4 is 5.32 Å². The Morgan fingerprint density at radius 2 is 1.81 bits per heavy atom. The number of halogens is 1. The van der Waals surface area contributed by atoms with Gasteiger partial charge in [0.05, 0.1) is 4.90 Å². The van der Waals surface area contributed by atoms with Crippen LogP contribution in [0, 0.1) is 0 Å². The molecule has 1 heterocycles. The summed E-state index contributed by atoms with van der Waals surface area (Å²) in [5, 5.41) is 10.8. The molecule has 1 N–H and O–H groups in total. The summed E-state index contributed by atoms with van der Waals surface area (Å²) in [7, 11) is -2.00. The molecule has 1 amide bonds. The van der Waals surface area contributed by atoms with Crippen LogP contribution in [0.4, 0.5) is 6.01 Å². The van der Waals surface area contributed by atoms with Crippen LogP contribution in [0.15, 0.2) is 57.8 Å². The van der Waals surface area contributed by atoms with Gasteiger partial charge in [-0.3, -0.25) is 10.1 Å². The summed E-state index contributed by atoms with van der Waals surface area (Å²) in [4.78, 5) is 12.7. The number of sulfonamides is 1. The largest absolute Gasteiger partial charge is 0.403 e. The van der Waals surface area contributed by atoms with E-state index < -0.39 is 15.9 Å². The van der Waals surface area contributed by atoms with E-state index in [1.165, 1.54) is 28.6 Å². The van der Waals surface area contributed by atoms with Crippen LogP contribution in [-0.4, -0.2) is 41.9 Å². The Bertz CT molecular complexity index is 1200. The third-order valence-electron chi connectivity index (χ3n) is 5.60. The molecule has 0 unspecified atom stereocenters. The summed E-state index contributed by atoms with van der Waals surface area (Å²) in [6, 6.07) is 12.7. The average molecular weight is 475 g/mol. The number of nitrogens with one attached hydrogen (secondary N) is 1. The number of nitrogens with zero attached hydrogens (tertiary/aromatic N) is 3. The number of hydrogen-bond donors (Lipinski definition) is 1. The molecule has 0 aliphatic heterocycles. The number of amides is 1. The maximum Gasteiger partial charge on any atom is 0.322 e. The summed E-state index contributed by atoms with van der Waals surface area (Å²) in [6.45, 7) is 0. The molecule has 1 saturated carbocycles. The number of benzene rings is 2. The van der Waals surface area contributed by atoms with Crippen molar-refractivity contribution in [3.63, 3.8) is 0 Å². The first-order valence-corrected chi connectivity index (χ1v) is 12.2. The molecule has 0 atom stereocenters. The minimum atomic E-state index is -3.62. The zero-order chi connectivity index (χ0) is 22.7. The van der Waals surface area contributed by atoms with Crippen molar-refractivity contribution >= 4 is 33.5 Å². The van der Waals surface area contributed by atoms with E-state index in [-0.39, 0.29) is 28.4 Å². The van der Waals surface area contributed by atoms with Gasteiger partial charge in [-0.15, -0.1) is 5.10 Å². The third-order valence-corrected chi connectivity index (χ3v) is 7.76.